The lowest BCUT2D eigenvalue weighted by atomic mass is 10.1. The van der Waals surface area contributed by atoms with Crippen LogP contribution < -0.4 is 11.3 Å². The smallest absolute Gasteiger partial charge is 0.267 e. The maximum atomic E-state index is 13.1. The van der Waals surface area contributed by atoms with Crippen molar-refractivity contribution in [2.75, 3.05) is 0 Å². The highest BCUT2D eigenvalue weighted by molar-refractivity contribution is 6.35. The third-order valence-corrected chi connectivity index (χ3v) is 4.52. The van der Waals surface area contributed by atoms with Crippen LogP contribution in [0.1, 0.15) is 24.7 Å². The Morgan fingerprint density at radius 2 is 2.09 bits per heavy atom. The molecule has 4 rings (SSSR count). The topological polar surface area (TPSA) is 73.8 Å². The Morgan fingerprint density at radius 1 is 1.26 bits per heavy atom. The molecular formula is C17H15ClN4O. The monoisotopic (exact) mass is 326 g/mol. The normalized spacial score (nSPS) is 15.7. The average molecular weight is 327 g/mol. The minimum absolute atomic E-state index is 0.209. The Balaban J connectivity index is 2.08. The van der Waals surface area contributed by atoms with Crippen LogP contribution in [0.15, 0.2) is 47.5 Å². The van der Waals surface area contributed by atoms with E-state index in [-0.39, 0.29) is 11.6 Å². The van der Waals surface area contributed by atoms with Crippen LogP contribution in [-0.2, 0) is 0 Å². The molecule has 1 aromatic carbocycles. The fraction of sp³-hybridized carbons (Fsp3) is 0.235. The summed E-state index contributed by atoms with van der Waals surface area (Å²) in [6, 6.07) is 8.61. The summed E-state index contributed by atoms with van der Waals surface area (Å²) in [7, 11) is 0. The first-order chi connectivity index (χ1) is 11.2. The van der Waals surface area contributed by atoms with E-state index in [9.17, 15) is 4.79 Å². The number of fused-ring (bicyclic) bond motifs is 1. The van der Waals surface area contributed by atoms with Crippen LogP contribution in [0.5, 0.6) is 0 Å². The highest BCUT2D eigenvalue weighted by atomic mass is 35.5. The number of pyridine rings is 1. The molecule has 116 valence electrons. The molecule has 0 aliphatic heterocycles. The first-order valence-electron chi connectivity index (χ1n) is 7.54. The number of rotatable bonds is 3. The van der Waals surface area contributed by atoms with Crippen molar-refractivity contribution >= 4 is 22.5 Å². The lowest BCUT2D eigenvalue weighted by Crippen LogP contribution is -2.29. The first-order valence-corrected chi connectivity index (χ1v) is 7.92. The number of benzene rings is 1. The quantitative estimate of drug-likeness (QED) is 0.803. The number of nitrogens with zero attached hydrogens (tertiary/aromatic N) is 3. The van der Waals surface area contributed by atoms with Crippen LogP contribution in [0.2, 0.25) is 5.02 Å². The van der Waals surface area contributed by atoms with Crippen LogP contribution >= 0.6 is 11.6 Å². The van der Waals surface area contributed by atoms with Gasteiger partial charge in [-0.25, -0.2) is 4.98 Å². The second kappa shape index (κ2) is 5.44. The molecule has 23 heavy (non-hydrogen) atoms. The molecule has 0 saturated heterocycles. The minimum atomic E-state index is -0.272. The Bertz CT molecular complexity index is 934. The van der Waals surface area contributed by atoms with Crippen molar-refractivity contribution in [3.8, 4) is 5.69 Å². The van der Waals surface area contributed by atoms with E-state index in [1.807, 2.05) is 6.07 Å². The first kappa shape index (κ1) is 14.4. The Kier molecular flexibility index (Phi) is 3.39. The molecule has 3 aromatic rings. The van der Waals surface area contributed by atoms with E-state index in [4.69, 9.17) is 17.3 Å². The molecule has 0 radical (unpaired) electrons. The highest BCUT2D eigenvalue weighted by Gasteiger charge is 2.33. The van der Waals surface area contributed by atoms with Gasteiger partial charge in [-0.15, -0.1) is 0 Å². The Morgan fingerprint density at radius 3 is 2.78 bits per heavy atom. The van der Waals surface area contributed by atoms with E-state index in [1.54, 1.807) is 41.2 Å². The summed E-state index contributed by atoms with van der Waals surface area (Å²) >= 11 is 6.23. The molecule has 0 bridgehead atoms. The SMILES string of the molecule is N[C@H](c1nc2cccc(Cl)c2c(=O)n1-c1cccnc1)C1CC1. The summed E-state index contributed by atoms with van der Waals surface area (Å²) in [4.78, 5) is 21.8. The zero-order valence-electron chi connectivity index (χ0n) is 12.3. The average Bonchev–Trinajstić information content (AvgIpc) is 3.39. The van der Waals surface area contributed by atoms with E-state index in [1.165, 1.54) is 0 Å². The summed E-state index contributed by atoms with van der Waals surface area (Å²) in [5.41, 5.74) is 7.38. The standard InChI is InChI=1S/C17H15ClN4O/c18-12-4-1-5-13-14(12)17(23)22(11-3-2-8-20-9-11)16(21-13)15(19)10-6-7-10/h1-5,8-10,15H,6-7,19H2/t15-/m0/s1. The summed E-state index contributed by atoms with van der Waals surface area (Å²) in [6.07, 6.45) is 5.43. The molecule has 2 heterocycles. The van der Waals surface area contributed by atoms with Gasteiger partial charge in [-0.1, -0.05) is 17.7 Å². The maximum Gasteiger partial charge on any atom is 0.267 e. The molecule has 0 spiro atoms. The largest absolute Gasteiger partial charge is 0.321 e. The molecule has 6 heteroatoms. The van der Waals surface area contributed by atoms with Gasteiger partial charge >= 0.3 is 0 Å². The molecule has 2 aromatic heterocycles. The Labute approximate surface area is 137 Å². The summed E-state index contributed by atoms with van der Waals surface area (Å²) < 4.78 is 1.55. The van der Waals surface area contributed by atoms with Crippen molar-refractivity contribution in [1.29, 1.82) is 0 Å². The van der Waals surface area contributed by atoms with Gasteiger partial charge in [0.2, 0.25) is 0 Å². The van der Waals surface area contributed by atoms with Gasteiger partial charge in [-0.2, -0.15) is 0 Å². The van der Waals surface area contributed by atoms with E-state index in [0.717, 1.165) is 12.8 Å². The second-order valence-electron chi connectivity index (χ2n) is 5.82. The summed E-state index contributed by atoms with van der Waals surface area (Å²) in [5.74, 6) is 0.946. The number of aromatic nitrogens is 3. The van der Waals surface area contributed by atoms with Gasteiger partial charge in [0.05, 0.1) is 33.9 Å². The predicted octanol–water partition coefficient (Wildman–Crippen LogP) is 2.84. The van der Waals surface area contributed by atoms with Crippen LogP contribution in [0, 0.1) is 5.92 Å². The lowest BCUT2D eigenvalue weighted by molar-refractivity contribution is 0.574. The third-order valence-electron chi connectivity index (χ3n) is 4.20. The predicted molar refractivity (Wildman–Crippen MR) is 89.8 cm³/mol. The molecular weight excluding hydrogens is 312 g/mol. The van der Waals surface area contributed by atoms with Crippen molar-refractivity contribution in [3.05, 3.63) is 63.9 Å². The minimum Gasteiger partial charge on any atom is -0.321 e. The van der Waals surface area contributed by atoms with Crippen LogP contribution in [0.25, 0.3) is 16.6 Å². The molecule has 2 N–H and O–H groups in total. The van der Waals surface area contributed by atoms with Gasteiger partial charge in [0.25, 0.3) is 5.56 Å². The molecule has 5 nitrogen and oxygen atoms in total. The Hall–Kier alpha value is -2.24. The van der Waals surface area contributed by atoms with Gasteiger partial charge in [0.1, 0.15) is 5.82 Å². The van der Waals surface area contributed by atoms with Gasteiger partial charge < -0.3 is 5.73 Å². The van der Waals surface area contributed by atoms with Crippen molar-refractivity contribution < 1.29 is 0 Å². The van der Waals surface area contributed by atoms with Crippen molar-refractivity contribution in [2.45, 2.75) is 18.9 Å². The second-order valence-corrected chi connectivity index (χ2v) is 6.23. The van der Waals surface area contributed by atoms with Gasteiger partial charge in [-0.3, -0.25) is 14.3 Å². The van der Waals surface area contributed by atoms with Crippen LogP contribution in [-0.4, -0.2) is 14.5 Å². The molecule has 0 unspecified atom stereocenters. The maximum absolute atomic E-state index is 13.1. The molecule has 1 atom stereocenters. The number of hydrogen-bond donors (Lipinski definition) is 1. The summed E-state index contributed by atoms with van der Waals surface area (Å²) in [6.45, 7) is 0. The molecule has 1 aliphatic rings. The van der Waals surface area contributed by atoms with Gasteiger partial charge in [-0.05, 0) is 43.0 Å². The zero-order chi connectivity index (χ0) is 16.0. The lowest BCUT2D eigenvalue weighted by Gasteiger charge is -2.18. The van der Waals surface area contributed by atoms with Crippen molar-refractivity contribution in [1.82, 2.24) is 14.5 Å². The molecule has 1 saturated carbocycles. The van der Waals surface area contributed by atoms with E-state index in [2.05, 4.69) is 9.97 Å². The van der Waals surface area contributed by atoms with Gasteiger partial charge in [0.15, 0.2) is 0 Å². The van der Waals surface area contributed by atoms with Crippen LogP contribution in [0.3, 0.4) is 0 Å². The fourth-order valence-corrected chi connectivity index (χ4v) is 3.08. The highest BCUT2D eigenvalue weighted by Crippen LogP contribution is 2.39. The van der Waals surface area contributed by atoms with Crippen LogP contribution in [0.4, 0.5) is 0 Å². The third kappa shape index (κ3) is 2.42. The van der Waals surface area contributed by atoms with E-state index in [0.29, 0.717) is 33.4 Å². The van der Waals surface area contributed by atoms with E-state index < -0.39 is 0 Å². The number of halogens is 1. The molecule has 1 fully saturated rings. The zero-order valence-corrected chi connectivity index (χ0v) is 13.1. The van der Waals surface area contributed by atoms with Crippen molar-refractivity contribution in [3.63, 3.8) is 0 Å². The molecule has 0 amide bonds. The van der Waals surface area contributed by atoms with Crippen molar-refractivity contribution in [2.24, 2.45) is 11.7 Å². The number of hydrogen-bond acceptors (Lipinski definition) is 4. The van der Waals surface area contributed by atoms with Gasteiger partial charge in [0, 0.05) is 6.20 Å². The number of nitrogens with two attached hydrogens (primary N) is 1. The molecule has 1 aliphatic carbocycles. The van der Waals surface area contributed by atoms with E-state index >= 15 is 0 Å². The fourth-order valence-electron chi connectivity index (χ4n) is 2.83. The summed E-state index contributed by atoms with van der Waals surface area (Å²) in [5, 5.41) is 0.800.